The summed E-state index contributed by atoms with van der Waals surface area (Å²) in [5.74, 6) is 0. The standard InChI is InChI=1S/C15H26N4O3/c20-14(9-21-10-15-4-2-6-22-15)8-18-5-1-3-13(18)7-19-12-16-11-17-19/h11-15,20H,1-10H2. The number of hydrogen-bond donors (Lipinski definition) is 1. The zero-order valence-electron chi connectivity index (χ0n) is 13.0. The summed E-state index contributed by atoms with van der Waals surface area (Å²) in [6.07, 6.45) is 7.59. The first-order valence-electron chi connectivity index (χ1n) is 8.25. The topological polar surface area (TPSA) is 72.6 Å². The van der Waals surface area contributed by atoms with Crippen LogP contribution in [0.25, 0.3) is 0 Å². The monoisotopic (exact) mass is 310 g/mol. The maximum Gasteiger partial charge on any atom is 0.137 e. The van der Waals surface area contributed by atoms with Crippen molar-refractivity contribution in [2.45, 2.75) is 50.5 Å². The number of ether oxygens (including phenoxy) is 2. The molecule has 3 heterocycles. The third-order valence-corrected chi connectivity index (χ3v) is 4.45. The third kappa shape index (κ3) is 4.49. The molecule has 7 heteroatoms. The normalized spacial score (nSPS) is 27.5. The first kappa shape index (κ1) is 15.9. The van der Waals surface area contributed by atoms with Crippen molar-refractivity contribution in [3.05, 3.63) is 12.7 Å². The summed E-state index contributed by atoms with van der Waals surface area (Å²) < 4.78 is 13.0. The second-order valence-electron chi connectivity index (χ2n) is 6.23. The fraction of sp³-hybridized carbons (Fsp3) is 0.867. The van der Waals surface area contributed by atoms with Crippen molar-refractivity contribution >= 4 is 0 Å². The molecular formula is C15H26N4O3. The average Bonchev–Trinajstić information content (AvgIpc) is 3.23. The smallest absolute Gasteiger partial charge is 0.137 e. The van der Waals surface area contributed by atoms with E-state index in [4.69, 9.17) is 9.47 Å². The molecule has 2 aliphatic rings. The maximum atomic E-state index is 10.2. The molecule has 1 N–H and O–H groups in total. The maximum absolute atomic E-state index is 10.2. The van der Waals surface area contributed by atoms with Crippen LogP contribution in [0.4, 0.5) is 0 Å². The van der Waals surface area contributed by atoms with Gasteiger partial charge in [0.25, 0.3) is 0 Å². The van der Waals surface area contributed by atoms with Gasteiger partial charge in [-0.05, 0) is 32.2 Å². The number of hydrogen-bond acceptors (Lipinski definition) is 6. The molecule has 124 valence electrons. The fourth-order valence-electron chi connectivity index (χ4n) is 3.32. The molecule has 3 unspecified atom stereocenters. The Hall–Kier alpha value is -1.02. The Morgan fingerprint density at radius 2 is 2.32 bits per heavy atom. The number of β-amino-alcohol motifs (C(OH)–C–C–N with tert-alkyl or cyclic N) is 1. The molecule has 1 aromatic heterocycles. The molecule has 22 heavy (non-hydrogen) atoms. The summed E-state index contributed by atoms with van der Waals surface area (Å²) in [6.45, 7) is 4.34. The Balaban J connectivity index is 1.37. The van der Waals surface area contributed by atoms with E-state index in [-0.39, 0.29) is 6.10 Å². The molecular weight excluding hydrogens is 284 g/mol. The second-order valence-corrected chi connectivity index (χ2v) is 6.23. The van der Waals surface area contributed by atoms with Gasteiger partial charge in [-0.15, -0.1) is 0 Å². The highest BCUT2D eigenvalue weighted by atomic mass is 16.5. The molecule has 0 saturated carbocycles. The zero-order chi connectivity index (χ0) is 15.2. The molecule has 2 saturated heterocycles. The minimum absolute atomic E-state index is 0.221. The van der Waals surface area contributed by atoms with E-state index in [1.165, 1.54) is 6.42 Å². The van der Waals surface area contributed by atoms with Gasteiger partial charge < -0.3 is 14.6 Å². The number of rotatable bonds is 8. The van der Waals surface area contributed by atoms with E-state index in [0.29, 0.717) is 25.8 Å². The zero-order valence-corrected chi connectivity index (χ0v) is 13.0. The lowest BCUT2D eigenvalue weighted by Crippen LogP contribution is -2.40. The lowest BCUT2D eigenvalue weighted by atomic mass is 10.2. The van der Waals surface area contributed by atoms with Crippen LogP contribution in [0.1, 0.15) is 25.7 Å². The summed E-state index contributed by atoms with van der Waals surface area (Å²) in [5, 5.41) is 14.3. The van der Waals surface area contributed by atoms with E-state index in [1.807, 2.05) is 4.68 Å². The first-order valence-corrected chi connectivity index (χ1v) is 8.25. The number of aliphatic hydroxyl groups is 1. The Labute approximate surface area is 131 Å². The molecule has 0 radical (unpaired) electrons. The molecule has 3 atom stereocenters. The summed E-state index contributed by atoms with van der Waals surface area (Å²) in [4.78, 5) is 6.32. The molecule has 0 bridgehead atoms. The molecule has 2 fully saturated rings. The fourth-order valence-corrected chi connectivity index (χ4v) is 3.32. The Morgan fingerprint density at radius 3 is 3.09 bits per heavy atom. The number of likely N-dealkylation sites (tertiary alicyclic amines) is 1. The van der Waals surface area contributed by atoms with E-state index in [2.05, 4.69) is 15.0 Å². The van der Waals surface area contributed by atoms with Gasteiger partial charge in [-0.1, -0.05) is 0 Å². The van der Waals surface area contributed by atoms with Crippen LogP contribution in [-0.2, 0) is 16.0 Å². The van der Waals surface area contributed by atoms with Crippen molar-refractivity contribution in [2.24, 2.45) is 0 Å². The predicted molar refractivity (Wildman–Crippen MR) is 80.4 cm³/mol. The van der Waals surface area contributed by atoms with Gasteiger partial charge >= 0.3 is 0 Å². The number of nitrogens with zero attached hydrogens (tertiary/aromatic N) is 4. The van der Waals surface area contributed by atoms with Gasteiger partial charge in [0.05, 0.1) is 32.0 Å². The van der Waals surface area contributed by atoms with Gasteiger partial charge in [-0.25, -0.2) is 4.98 Å². The van der Waals surface area contributed by atoms with Crippen molar-refractivity contribution < 1.29 is 14.6 Å². The Morgan fingerprint density at radius 1 is 1.36 bits per heavy atom. The van der Waals surface area contributed by atoms with Gasteiger partial charge in [0, 0.05) is 19.2 Å². The molecule has 3 rings (SSSR count). The summed E-state index contributed by atoms with van der Waals surface area (Å²) in [7, 11) is 0. The van der Waals surface area contributed by atoms with Crippen LogP contribution in [0.5, 0.6) is 0 Å². The van der Waals surface area contributed by atoms with Gasteiger partial charge in [-0.3, -0.25) is 9.58 Å². The van der Waals surface area contributed by atoms with Gasteiger partial charge in [0.15, 0.2) is 0 Å². The van der Waals surface area contributed by atoms with E-state index >= 15 is 0 Å². The SMILES string of the molecule is OC(COCC1CCCO1)CN1CCCC1Cn1cncn1. The minimum Gasteiger partial charge on any atom is -0.389 e. The molecule has 1 aromatic rings. The number of aliphatic hydroxyl groups excluding tert-OH is 1. The lowest BCUT2D eigenvalue weighted by molar-refractivity contribution is -0.0265. The highest BCUT2D eigenvalue weighted by Gasteiger charge is 2.27. The van der Waals surface area contributed by atoms with E-state index in [0.717, 1.165) is 39.0 Å². The van der Waals surface area contributed by atoms with Gasteiger partial charge in [0.2, 0.25) is 0 Å². The van der Waals surface area contributed by atoms with Crippen LogP contribution < -0.4 is 0 Å². The molecule has 0 spiro atoms. The van der Waals surface area contributed by atoms with Crippen LogP contribution in [0.3, 0.4) is 0 Å². The van der Waals surface area contributed by atoms with Gasteiger partial charge in [-0.2, -0.15) is 5.10 Å². The molecule has 0 aromatic carbocycles. The predicted octanol–water partition coefficient (Wildman–Crippen LogP) is 0.299. The van der Waals surface area contributed by atoms with E-state index < -0.39 is 6.10 Å². The average molecular weight is 310 g/mol. The minimum atomic E-state index is -0.447. The van der Waals surface area contributed by atoms with Crippen LogP contribution in [0, 0.1) is 0 Å². The van der Waals surface area contributed by atoms with Crippen LogP contribution in [0.15, 0.2) is 12.7 Å². The summed E-state index contributed by atoms with van der Waals surface area (Å²) in [5.41, 5.74) is 0. The summed E-state index contributed by atoms with van der Waals surface area (Å²) in [6, 6.07) is 0.425. The Bertz CT molecular complexity index is 422. The largest absolute Gasteiger partial charge is 0.389 e. The van der Waals surface area contributed by atoms with Crippen LogP contribution in [-0.4, -0.2) is 75.9 Å². The lowest BCUT2D eigenvalue weighted by Gasteiger charge is -2.26. The van der Waals surface area contributed by atoms with Crippen LogP contribution >= 0.6 is 0 Å². The molecule has 0 amide bonds. The van der Waals surface area contributed by atoms with E-state index in [9.17, 15) is 5.11 Å². The van der Waals surface area contributed by atoms with Crippen LogP contribution in [0.2, 0.25) is 0 Å². The van der Waals surface area contributed by atoms with Crippen molar-refractivity contribution in [2.75, 3.05) is 32.9 Å². The second kappa shape index (κ2) is 8.01. The van der Waals surface area contributed by atoms with Crippen molar-refractivity contribution in [3.8, 4) is 0 Å². The summed E-state index contributed by atoms with van der Waals surface area (Å²) >= 11 is 0. The first-order chi connectivity index (χ1) is 10.8. The highest BCUT2D eigenvalue weighted by Crippen LogP contribution is 2.19. The highest BCUT2D eigenvalue weighted by molar-refractivity contribution is 4.81. The Kier molecular flexibility index (Phi) is 5.77. The van der Waals surface area contributed by atoms with Crippen molar-refractivity contribution in [3.63, 3.8) is 0 Å². The van der Waals surface area contributed by atoms with Crippen molar-refractivity contribution in [1.82, 2.24) is 19.7 Å². The molecule has 2 aliphatic heterocycles. The van der Waals surface area contributed by atoms with Gasteiger partial charge in [0.1, 0.15) is 12.7 Å². The molecule has 0 aliphatic carbocycles. The quantitative estimate of drug-likeness (QED) is 0.744. The van der Waals surface area contributed by atoms with E-state index in [1.54, 1.807) is 12.7 Å². The third-order valence-electron chi connectivity index (χ3n) is 4.45. The van der Waals surface area contributed by atoms with Crippen molar-refractivity contribution in [1.29, 1.82) is 0 Å². The molecule has 7 nitrogen and oxygen atoms in total. The number of aromatic nitrogens is 3.